The number of nitrogens with zero attached hydrogens (tertiary/aromatic N) is 2. The van der Waals surface area contributed by atoms with Gasteiger partial charge in [0.15, 0.2) is 0 Å². The zero-order chi connectivity index (χ0) is 21.5. The third kappa shape index (κ3) is 5.42. The van der Waals surface area contributed by atoms with E-state index in [0.717, 1.165) is 18.7 Å². The standard InChI is InChI=1S/C25H26N4O2/c30-24(26-19-20-8-3-1-4-9-20)21-10-7-11-22(18-21)27-25(31)29-16-14-28(15-17-29)23-12-5-2-6-13-23/h1-13,18H,14-17,19H2,(H,26,30)(H,27,31). The van der Waals surface area contributed by atoms with Gasteiger partial charge in [-0.05, 0) is 35.9 Å². The predicted octanol–water partition coefficient (Wildman–Crippen LogP) is 3.97. The normalized spacial score (nSPS) is 13.5. The topological polar surface area (TPSA) is 64.7 Å². The molecule has 0 radical (unpaired) electrons. The van der Waals surface area contributed by atoms with Gasteiger partial charge in [-0.15, -0.1) is 0 Å². The number of hydrogen-bond donors (Lipinski definition) is 2. The Morgan fingerprint density at radius 2 is 1.45 bits per heavy atom. The molecule has 1 heterocycles. The number of carbonyl (C=O) groups excluding carboxylic acids is 2. The van der Waals surface area contributed by atoms with Crippen molar-refractivity contribution >= 4 is 23.3 Å². The van der Waals surface area contributed by atoms with Crippen LogP contribution in [-0.2, 0) is 6.54 Å². The van der Waals surface area contributed by atoms with Gasteiger partial charge in [0.05, 0.1) is 0 Å². The molecule has 3 aromatic carbocycles. The van der Waals surface area contributed by atoms with Crippen molar-refractivity contribution in [2.75, 3.05) is 36.4 Å². The van der Waals surface area contributed by atoms with Crippen LogP contribution in [-0.4, -0.2) is 43.0 Å². The second kappa shape index (κ2) is 9.80. The van der Waals surface area contributed by atoms with Gasteiger partial charge < -0.3 is 20.4 Å². The number of anilines is 2. The lowest BCUT2D eigenvalue weighted by atomic mass is 10.1. The van der Waals surface area contributed by atoms with Gasteiger partial charge in [0.1, 0.15) is 0 Å². The van der Waals surface area contributed by atoms with Crippen LogP contribution in [0.5, 0.6) is 0 Å². The summed E-state index contributed by atoms with van der Waals surface area (Å²) in [6.45, 7) is 3.34. The van der Waals surface area contributed by atoms with Crippen molar-refractivity contribution in [3.05, 3.63) is 96.1 Å². The summed E-state index contributed by atoms with van der Waals surface area (Å²) in [5.74, 6) is -0.170. The number of urea groups is 1. The number of amides is 3. The van der Waals surface area contributed by atoms with Gasteiger partial charge in [-0.3, -0.25) is 4.79 Å². The van der Waals surface area contributed by atoms with E-state index in [9.17, 15) is 9.59 Å². The molecular formula is C25H26N4O2. The molecular weight excluding hydrogens is 388 g/mol. The highest BCUT2D eigenvalue weighted by Crippen LogP contribution is 2.17. The molecule has 0 saturated carbocycles. The lowest BCUT2D eigenvalue weighted by molar-refractivity contribution is 0.0951. The number of piperazine rings is 1. The molecule has 6 heteroatoms. The molecule has 0 spiro atoms. The first-order valence-electron chi connectivity index (χ1n) is 10.5. The fourth-order valence-electron chi connectivity index (χ4n) is 3.63. The van der Waals surface area contributed by atoms with Crippen LogP contribution in [0.3, 0.4) is 0 Å². The molecule has 1 saturated heterocycles. The van der Waals surface area contributed by atoms with Gasteiger partial charge in [-0.2, -0.15) is 0 Å². The molecule has 2 N–H and O–H groups in total. The zero-order valence-corrected chi connectivity index (χ0v) is 17.3. The quantitative estimate of drug-likeness (QED) is 0.664. The molecule has 4 rings (SSSR count). The summed E-state index contributed by atoms with van der Waals surface area (Å²) in [7, 11) is 0. The van der Waals surface area contributed by atoms with Crippen molar-refractivity contribution in [2.45, 2.75) is 6.54 Å². The molecule has 31 heavy (non-hydrogen) atoms. The predicted molar refractivity (Wildman–Crippen MR) is 123 cm³/mol. The highest BCUT2D eigenvalue weighted by molar-refractivity contribution is 5.96. The highest BCUT2D eigenvalue weighted by atomic mass is 16.2. The molecule has 6 nitrogen and oxygen atoms in total. The van der Waals surface area contributed by atoms with Crippen molar-refractivity contribution in [1.29, 1.82) is 0 Å². The lowest BCUT2D eigenvalue weighted by Crippen LogP contribution is -2.50. The van der Waals surface area contributed by atoms with Gasteiger partial charge >= 0.3 is 6.03 Å². The van der Waals surface area contributed by atoms with E-state index in [1.165, 1.54) is 5.69 Å². The van der Waals surface area contributed by atoms with E-state index in [-0.39, 0.29) is 11.9 Å². The Kier molecular flexibility index (Phi) is 6.47. The molecule has 0 aromatic heterocycles. The molecule has 0 aliphatic carbocycles. The van der Waals surface area contributed by atoms with Crippen molar-refractivity contribution in [1.82, 2.24) is 10.2 Å². The van der Waals surface area contributed by atoms with Crippen LogP contribution in [0.25, 0.3) is 0 Å². The maximum atomic E-state index is 12.7. The largest absolute Gasteiger partial charge is 0.368 e. The fraction of sp³-hybridized carbons (Fsp3) is 0.200. The Morgan fingerprint density at radius 1 is 0.774 bits per heavy atom. The van der Waals surface area contributed by atoms with Gasteiger partial charge in [-0.1, -0.05) is 54.6 Å². The first-order valence-corrected chi connectivity index (χ1v) is 10.5. The van der Waals surface area contributed by atoms with Crippen LogP contribution in [0, 0.1) is 0 Å². The second-order valence-corrected chi connectivity index (χ2v) is 7.49. The lowest BCUT2D eigenvalue weighted by Gasteiger charge is -2.36. The summed E-state index contributed by atoms with van der Waals surface area (Å²) in [4.78, 5) is 29.3. The summed E-state index contributed by atoms with van der Waals surface area (Å²) in [5, 5.41) is 5.84. The molecule has 158 valence electrons. The van der Waals surface area contributed by atoms with Crippen molar-refractivity contribution in [3.8, 4) is 0 Å². The average molecular weight is 415 g/mol. The van der Waals surface area contributed by atoms with E-state index in [1.807, 2.05) is 53.4 Å². The molecule has 0 unspecified atom stereocenters. The monoisotopic (exact) mass is 414 g/mol. The summed E-state index contributed by atoms with van der Waals surface area (Å²) in [5.41, 5.74) is 3.34. The molecule has 3 amide bonds. The van der Waals surface area contributed by atoms with Gasteiger partial charge in [0.25, 0.3) is 5.91 Å². The highest BCUT2D eigenvalue weighted by Gasteiger charge is 2.21. The molecule has 1 aliphatic heterocycles. The third-order valence-corrected chi connectivity index (χ3v) is 5.36. The van der Waals surface area contributed by atoms with E-state index in [1.54, 1.807) is 24.3 Å². The van der Waals surface area contributed by atoms with Crippen LogP contribution in [0.2, 0.25) is 0 Å². The number of rotatable bonds is 5. The van der Waals surface area contributed by atoms with Gasteiger partial charge in [0.2, 0.25) is 0 Å². The number of carbonyl (C=O) groups is 2. The minimum atomic E-state index is -0.170. The Hall–Kier alpha value is -3.80. The Bertz CT molecular complexity index is 1020. The molecule has 0 atom stereocenters. The summed E-state index contributed by atoms with van der Waals surface area (Å²) < 4.78 is 0. The van der Waals surface area contributed by atoms with Crippen molar-refractivity contribution < 1.29 is 9.59 Å². The number of para-hydroxylation sites is 1. The van der Waals surface area contributed by atoms with Crippen molar-refractivity contribution in [2.24, 2.45) is 0 Å². The minimum Gasteiger partial charge on any atom is -0.368 e. The fourth-order valence-corrected chi connectivity index (χ4v) is 3.63. The van der Waals surface area contributed by atoms with E-state index in [4.69, 9.17) is 0 Å². The second-order valence-electron chi connectivity index (χ2n) is 7.49. The summed E-state index contributed by atoms with van der Waals surface area (Å²) in [6, 6.07) is 26.9. The smallest absolute Gasteiger partial charge is 0.321 e. The van der Waals surface area contributed by atoms with E-state index in [0.29, 0.717) is 30.9 Å². The molecule has 1 fully saturated rings. The van der Waals surface area contributed by atoms with Crippen LogP contribution in [0.15, 0.2) is 84.9 Å². The van der Waals surface area contributed by atoms with Crippen LogP contribution >= 0.6 is 0 Å². The van der Waals surface area contributed by atoms with Crippen molar-refractivity contribution in [3.63, 3.8) is 0 Å². The minimum absolute atomic E-state index is 0.144. The zero-order valence-electron chi connectivity index (χ0n) is 17.3. The molecule has 1 aliphatic rings. The molecule has 0 bridgehead atoms. The Morgan fingerprint density at radius 3 is 2.16 bits per heavy atom. The first kappa shape index (κ1) is 20.5. The summed E-state index contributed by atoms with van der Waals surface area (Å²) in [6.07, 6.45) is 0. The Labute approximate surface area is 182 Å². The maximum Gasteiger partial charge on any atom is 0.321 e. The SMILES string of the molecule is O=C(NCc1ccccc1)c1cccc(NC(=O)N2CCN(c3ccccc3)CC2)c1. The van der Waals surface area contributed by atoms with E-state index in [2.05, 4.69) is 27.7 Å². The maximum absolute atomic E-state index is 12.7. The first-order chi connectivity index (χ1) is 15.2. The van der Waals surface area contributed by atoms with Gasteiger partial charge in [0, 0.05) is 49.7 Å². The van der Waals surface area contributed by atoms with Crippen LogP contribution in [0.4, 0.5) is 16.2 Å². The van der Waals surface area contributed by atoms with Gasteiger partial charge in [-0.25, -0.2) is 4.79 Å². The van der Waals surface area contributed by atoms with Crippen LogP contribution in [0.1, 0.15) is 15.9 Å². The number of benzene rings is 3. The van der Waals surface area contributed by atoms with E-state index < -0.39 is 0 Å². The summed E-state index contributed by atoms with van der Waals surface area (Å²) >= 11 is 0. The third-order valence-electron chi connectivity index (χ3n) is 5.36. The number of hydrogen-bond acceptors (Lipinski definition) is 3. The van der Waals surface area contributed by atoms with E-state index >= 15 is 0 Å². The molecule has 3 aromatic rings. The average Bonchev–Trinajstić information content (AvgIpc) is 2.84. The Balaban J connectivity index is 1.30. The number of nitrogens with one attached hydrogen (secondary N) is 2. The van der Waals surface area contributed by atoms with Crippen LogP contribution < -0.4 is 15.5 Å².